The molecule has 20 heteroatoms. The lowest BCUT2D eigenvalue weighted by Crippen LogP contribution is -2.15. The van der Waals surface area contributed by atoms with E-state index in [1.165, 1.54) is 18.2 Å². The van der Waals surface area contributed by atoms with Crippen molar-refractivity contribution >= 4 is 85.4 Å². The highest BCUT2D eigenvalue weighted by Gasteiger charge is 2.35. The molecule has 11 nitrogen and oxygen atoms in total. The van der Waals surface area contributed by atoms with E-state index in [4.69, 9.17) is 16.2 Å². The summed E-state index contributed by atoms with van der Waals surface area (Å²) in [4.78, 5) is 22.7. The second-order valence-electron chi connectivity index (χ2n) is 7.27. The van der Waals surface area contributed by atoms with Crippen molar-refractivity contribution in [2.75, 3.05) is 29.4 Å². The molecule has 0 aliphatic carbocycles. The molecule has 1 N–H and O–H groups in total. The summed E-state index contributed by atoms with van der Waals surface area (Å²) in [7, 11) is -11.2. The van der Waals surface area contributed by atoms with E-state index in [1.54, 1.807) is 0 Å². The summed E-state index contributed by atoms with van der Waals surface area (Å²) in [5.41, 5.74) is -1.40. The molecule has 0 aromatic heterocycles. The van der Waals surface area contributed by atoms with Crippen LogP contribution in [-0.2, 0) is 36.5 Å². The van der Waals surface area contributed by atoms with Crippen LogP contribution in [0.5, 0.6) is 11.5 Å². The largest absolute Gasteiger partial charge is 0.417 e. The molecule has 0 amide bonds. The molecule has 0 saturated heterocycles. The van der Waals surface area contributed by atoms with Gasteiger partial charge in [-0.1, -0.05) is 43.5 Å². The van der Waals surface area contributed by atoms with Gasteiger partial charge in [-0.25, -0.2) is 0 Å². The van der Waals surface area contributed by atoms with Crippen LogP contribution in [-0.4, -0.2) is 70.8 Å². The molecule has 2 aromatic rings. The normalized spacial score (nSPS) is 11.8. The van der Waals surface area contributed by atoms with Gasteiger partial charge in [0.15, 0.2) is 17.3 Å². The predicted octanol–water partition coefficient (Wildman–Crippen LogP) is 4.38. The second kappa shape index (κ2) is 15.5. The molecule has 0 unspecified atom stereocenters. The van der Waals surface area contributed by atoms with Gasteiger partial charge in [0.2, 0.25) is 0 Å². The van der Waals surface area contributed by atoms with E-state index >= 15 is 0 Å². The number of carbonyl (C=O) groups excluding carboxylic acids is 2. The standard InChI is InChI=1S/C10H8BrF3O4S.C9H8BrClO4S.CH4O3S/c1-19(16,17)18-6-2-3-7(9(15)5-11)8(4-6)10(12,13)14;1-16(13,14)15-9-3-2-6(4-7(9)11)8(12)5-10;1-5(2,3)4/h2-4H,5H2,1H3;2-4H,5H2,1H3;1H3,(H,2,3,4). The Labute approximate surface area is 250 Å². The molecule has 0 saturated carbocycles. The molecule has 0 aliphatic rings. The number of hydrogen-bond donors (Lipinski definition) is 1. The molecule has 0 fully saturated rings. The number of Topliss-reactive ketones (excluding diaryl/α,β-unsaturated/α-hetero) is 2. The van der Waals surface area contributed by atoms with Gasteiger partial charge in [0.25, 0.3) is 10.1 Å². The van der Waals surface area contributed by atoms with Crippen LogP contribution in [0, 0.1) is 0 Å². The van der Waals surface area contributed by atoms with Crippen LogP contribution in [0.25, 0.3) is 0 Å². The third-order valence-corrected chi connectivity index (χ3v) is 5.87. The van der Waals surface area contributed by atoms with Crippen molar-refractivity contribution in [1.29, 1.82) is 0 Å². The highest BCUT2D eigenvalue weighted by atomic mass is 79.9. The summed E-state index contributed by atoms with van der Waals surface area (Å²) in [6.07, 6.45) is -2.45. The van der Waals surface area contributed by atoms with Crippen LogP contribution in [0.4, 0.5) is 13.2 Å². The summed E-state index contributed by atoms with van der Waals surface area (Å²) < 4.78 is 117. The Bertz CT molecular complexity index is 1540. The molecule has 0 bridgehead atoms. The van der Waals surface area contributed by atoms with Crippen molar-refractivity contribution in [2.45, 2.75) is 6.18 Å². The lowest BCUT2D eigenvalue weighted by atomic mass is 10.0. The molecule has 0 aliphatic heterocycles. The number of halogens is 6. The Kier molecular flexibility index (Phi) is 14.8. The van der Waals surface area contributed by atoms with Gasteiger partial charge in [-0.3, -0.25) is 14.1 Å². The Hall–Kier alpha value is -1.77. The first kappa shape index (κ1) is 38.2. The minimum Gasteiger partial charge on any atom is -0.383 e. The first-order valence-corrected chi connectivity index (χ1v) is 17.9. The average Bonchev–Trinajstić information content (AvgIpc) is 2.76. The van der Waals surface area contributed by atoms with Gasteiger partial charge in [0.05, 0.1) is 40.0 Å². The molecule has 40 heavy (non-hydrogen) atoms. The Morgan fingerprint density at radius 2 is 1.32 bits per heavy atom. The quantitative estimate of drug-likeness (QED) is 0.174. The maximum atomic E-state index is 12.8. The van der Waals surface area contributed by atoms with Crippen LogP contribution < -0.4 is 8.37 Å². The van der Waals surface area contributed by atoms with Crippen LogP contribution in [0.1, 0.15) is 26.3 Å². The van der Waals surface area contributed by atoms with Crippen LogP contribution in [0.3, 0.4) is 0 Å². The highest BCUT2D eigenvalue weighted by molar-refractivity contribution is 9.09. The van der Waals surface area contributed by atoms with Crippen molar-refractivity contribution in [3.8, 4) is 11.5 Å². The van der Waals surface area contributed by atoms with Gasteiger partial charge in [-0.05, 0) is 36.4 Å². The third-order valence-electron chi connectivity index (χ3n) is 3.58. The van der Waals surface area contributed by atoms with Crippen molar-refractivity contribution < 1.29 is 60.9 Å². The number of carbonyl (C=O) groups is 2. The maximum absolute atomic E-state index is 12.8. The Balaban J connectivity index is 0.000000657. The molecule has 226 valence electrons. The second-order valence-corrected chi connectivity index (χ2v) is 13.4. The van der Waals surface area contributed by atoms with Gasteiger partial charge in [0.1, 0.15) is 5.75 Å². The zero-order valence-corrected chi connectivity index (χ0v) is 26.8. The van der Waals surface area contributed by atoms with E-state index in [0.29, 0.717) is 24.1 Å². The SMILES string of the molecule is CS(=O)(=O)O.CS(=O)(=O)Oc1ccc(C(=O)CBr)c(C(F)(F)F)c1.CS(=O)(=O)Oc1ccc(C(=O)CBr)cc1Cl. The summed E-state index contributed by atoms with van der Waals surface area (Å²) in [5, 5.41) is -0.0185. The fourth-order valence-corrected chi connectivity index (χ4v) is 4.10. The molecule has 0 radical (unpaired) electrons. The number of hydrogen-bond acceptors (Lipinski definition) is 10. The van der Waals surface area contributed by atoms with E-state index in [0.717, 1.165) is 18.4 Å². The van der Waals surface area contributed by atoms with E-state index in [9.17, 15) is 48.0 Å². The van der Waals surface area contributed by atoms with Crippen molar-refractivity contribution in [2.24, 2.45) is 0 Å². The number of rotatable bonds is 8. The number of ketones is 2. The van der Waals surface area contributed by atoms with Gasteiger partial charge in [-0.15, -0.1) is 0 Å². The molecule has 2 aromatic carbocycles. The van der Waals surface area contributed by atoms with E-state index < -0.39 is 59.2 Å². The monoisotopic (exact) mass is 782 g/mol. The predicted molar refractivity (Wildman–Crippen MR) is 148 cm³/mol. The fraction of sp³-hybridized carbons (Fsp3) is 0.300. The van der Waals surface area contributed by atoms with Gasteiger partial charge < -0.3 is 8.37 Å². The van der Waals surface area contributed by atoms with E-state index in [-0.39, 0.29) is 27.2 Å². The molecule has 0 atom stereocenters. The van der Waals surface area contributed by atoms with E-state index in [2.05, 4.69) is 40.2 Å². The molecule has 2 rings (SSSR count). The van der Waals surface area contributed by atoms with Gasteiger partial charge in [-0.2, -0.15) is 38.4 Å². The van der Waals surface area contributed by atoms with Crippen molar-refractivity contribution in [1.82, 2.24) is 0 Å². The van der Waals surface area contributed by atoms with Gasteiger partial charge in [0, 0.05) is 11.1 Å². The summed E-state index contributed by atoms with van der Waals surface area (Å²) in [5.74, 6) is -1.40. The maximum Gasteiger partial charge on any atom is 0.417 e. The first-order chi connectivity index (χ1) is 17.9. The molecule has 0 heterocycles. The minimum absolute atomic E-state index is 0.00953. The lowest BCUT2D eigenvalue weighted by Gasteiger charge is -2.13. The zero-order valence-electron chi connectivity index (χ0n) is 20.4. The first-order valence-electron chi connectivity index (χ1n) is 9.78. The molecule has 0 spiro atoms. The zero-order chi connectivity index (χ0) is 31.7. The van der Waals surface area contributed by atoms with Crippen LogP contribution in [0.2, 0.25) is 5.02 Å². The number of benzene rings is 2. The van der Waals surface area contributed by atoms with Crippen LogP contribution >= 0.6 is 43.5 Å². The smallest absolute Gasteiger partial charge is 0.383 e. The molecular weight excluding hydrogens is 765 g/mol. The molecular formula is C20H20Br2ClF3O11S3. The summed E-state index contributed by atoms with van der Waals surface area (Å²) >= 11 is 11.6. The Morgan fingerprint density at radius 3 is 1.70 bits per heavy atom. The van der Waals surface area contributed by atoms with Crippen LogP contribution in [0.15, 0.2) is 36.4 Å². The number of alkyl halides is 5. The highest BCUT2D eigenvalue weighted by Crippen LogP contribution is 2.35. The fourth-order valence-electron chi connectivity index (χ4n) is 2.28. The van der Waals surface area contributed by atoms with E-state index in [1.807, 2.05) is 0 Å². The van der Waals surface area contributed by atoms with Crippen molar-refractivity contribution in [3.05, 3.63) is 58.1 Å². The minimum atomic E-state index is -4.79. The van der Waals surface area contributed by atoms with Crippen molar-refractivity contribution in [3.63, 3.8) is 0 Å². The lowest BCUT2D eigenvalue weighted by molar-refractivity contribution is -0.138. The Morgan fingerprint density at radius 1 is 0.850 bits per heavy atom. The third kappa shape index (κ3) is 16.5. The summed E-state index contributed by atoms with van der Waals surface area (Å²) in [6.45, 7) is 0. The van der Waals surface area contributed by atoms with Gasteiger partial charge >= 0.3 is 26.4 Å². The summed E-state index contributed by atoms with van der Waals surface area (Å²) in [6, 6.07) is 6.52. The topological polar surface area (TPSA) is 175 Å². The average molecular weight is 785 g/mol.